The van der Waals surface area contributed by atoms with Gasteiger partial charge in [0.1, 0.15) is 5.82 Å². The Balaban J connectivity index is 1.76. The summed E-state index contributed by atoms with van der Waals surface area (Å²) in [5, 5.41) is 5.37. The van der Waals surface area contributed by atoms with Crippen LogP contribution in [0.25, 0.3) is 0 Å². The molecule has 0 radical (unpaired) electrons. The molecule has 1 aliphatic heterocycles. The molecular weight excluding hydrogens is 351 g/mol. The van der Waals surface area contributed by atoms with Crippen LogP contribution in [0.2, 0.25) is 0 Å². The molecule has 1 saturated heterocycles. The molecule has 1 aromatic rings. The third-order valence-electron chi connectivity index (χ3n) is 4.70. The lowest BCUT2D eigenvalue weighted by Gasteiger charge is -2.32. The van der Waals surface area contributed by atoms with Gasteiger partial charge in [-0.15, -0.1) is 0 Å². The normalized spacial score (nSPS) is 16.1. The number of benzene rings is 1. The second kappa shape index (κ2) is 9.45. The van der Waals surface area contributed by atoms with Gasteiger partial charge in [-0.25, -0.2) is 4.39 Å². The SMILES string of the molecule is CC(C)[C@H](N)C(=O)NCC(=O)NC1CCN(C(=O)c2ccccc2F)CC1. The first-order chi connectivity index (χ1) is 12.8. The molecule has 2 rings (SSSR count). The standard InChI is InChI=1S/C19H27FN4O3/c1-12(2)17(21)18(26)22-11-16(25)23-13-7-9-24(10-8-13)19(27)14-5-3-4-6-15(14)20/h3-6,12-13,17H,7-11,21H2,1-2H3,(H,22,26)(H,23,25)/t17-/m0/s1. The predicted octanol–water partition coefficient (Wildman–Crippen LogP) is 0.646. The van der Waals surface area contributed by atoms with E-state index < -0.39 is 11.9 Å². The number of amides is 3. The molecule has 27 heavy (non-hydrogen) atoms. The molecular formula is C19H27FN4O3. The minimum atomic E-state index is -0.648. The third-order valence-corrected chi connectivity index (χ3v) is 4.70. The summed E-state index contributed by atoms with van der Waals surface area (Å²) >= 11 is 0. The van der Waals surface area contributed by atoms with E-state index in [0.29, 0.717) is 25.9 Å². The molecule has 7 nitrogen and oxygen atoms in total. The highest BCUT2D eigenvalue weighted by molar-refractivity contribution is 5.94. The first kappa shape index (κ1) is 20.8. The fourth-order valence-electron chi connectivity index (χ4n) is 2.90. The zero-order chi connectivity index (χ0) is 20.0. The minimum absolute atomic E-state index is 0.00984. The molecule has 1 aliphatic rings. The van der Waals surface area contributed by atoms with Crippen LogP contribution in [0.4, 0.5) is 4.39 Å². The van der Waals surface area contributed by atoms with Crippen molar-refractivity contribution >= 4 is 17.7 Å². The fraction of sp³-hybridized carbons (Fsp3) is 0.526. The number of nitrogens with two attached hydrogens (primary N) is 1. The van der Waals surface area contributed by atoms with Crippen LogP contribution >= 0.6 is 0 Å². The molecule has 1 fully saturated rings. The summed E-state index contributed by atoms with van der Waals surface area (Å²) in [4.78, 5) is 37.7. The molecule has 0 spiro atoms. The maximum absolute atomic E-state index is 13.8. The fourth-order valence-corrected chi connectivity index (χ4v) is 2.90. The second-order valence-electron chi connectivity index (χ2n) is 7.10. The van der Waals surface area contributed by atoms with Crippen LogP contribution in [-0.4, -0.2) is 54.3 Å². The number of hydrogen-bond acceptors (Lipinski definition) is 4. The third kappa shape index (κ3) is 5.75. The zero-order valence-corrected chi connectivity index (χ0v) is 15.7. The highest BCUT2D eigenvalue weighted by Crippen LogP contribution is 2.16. The Bertz CT molecular complexity index is 687. The quantitative estimate of drug-likeness (QED) is 0.676. The van der Waals surface area contributed by atoms with E-state index in [0.717, 1.165) is 0 Å². The second-order valence-corrected chi connectivity index (χ2v) is 7.10. The molecule has 0 bridgehead atoms. The van der Waals surface area contributed by atoms with Crippen LogP contribution in [-0.2, 0) is 9.59 Å². The Morgan fingerprint density at radius 2 is 1.85 bits per heavy atom. The molecule has 0 aromatic heterocycles. The van der Waals surface area contributed by atoms with E-state index in [4.69, 9.17) is 5.73 Å². The van der Waals surface area contributed by atoms with Crippen molar-refractivity contribution in [2.45, 2.75) is 38.8 Å². The van der Waals surface area contributed by atoms with Gasteiger partial charge in [0.25, 0.3) is 5.91 Å². The zero-order valence-electron chi connectivity index (χ0n) is 15.7. The summed E-state index contributed by atoms with van der Waals surface area (Å²) in [5.74, 6) is -1.53. The van der Waals surface area contributed by atoms with Crippen LogP contribution < -0.4 is 16.4 Å². The van der Waals surface area contributed by atoms with Crippen molar-refractivity contribution in [1.82, 2.24) is 15.5 Å². The number of carbonyl (C=O) groups excluding carboxylic acids is 3. The summed E-state index contributed by atoms with van der Waals surface area (Å²) in [6.07, 6.45) is 1.15. The number of nitrogens with zero attached hydrogens (tertiary/aromatic N) is 1. The van der Waals surface area contributed by atoms with Crippen molar-refractivity contribution < 1.29 is 18.8 Å². The first-order valence-corrected chi connectivity index (χ1v) is 9.16. The molecule has 1 heterocycles. The van der Waals surface area contributed by atoms with Crippen molar-refractivity contribution in [1.29, 1.82) is 0 Å². The van der Waals surface area contributed by atoms with Crippen LogP contribution in [0.15, 0.2) is 24.3 Å². The van der Waals surface area contributed by atoms with E-state index in [2.05, 4.69) is 10.6 Å². The Morgan fingerprint density at radius 1 is 1.22 bits per heavy atom. The van der Waals surface area contributed by atoms with Gasteiger partial charge in [-0.2, -0.15) is 0 Å². The van der Waals surface area contributed by atoms with Crippen molar-refractivity contribution in [3.63, 3.8) is 0 Å². The molecule has 8 heteroatoms. The number of carbonyl (C=O) groups is 3. The van der Waals surface area contributed by atoms with E-state index >= 15 is 0 Å². The number of likely N-dealkylation sites (tertiary alicyclic amines) is 1. The van der Waals surface area contributed by atoms with Gasteiger partial charge in [0.05, 0.1) is 18.2 Å². The summed E-state index contributed by atoms with van der Waals surface area (Å²) in [6.45, 7) is 4.40. The monoisotopic (exact) mass is 378 g/mol. The topological polar surface area (TPSA) is 105 Å². The minimum Gasteiger partial charge on any atom is -0.352 e. The molecule has 3 amide bonds. The first-order valence-electron chi connectivity index (χ1n) is 9.16. The number of rotatable bonds is 6. The van der Waals surface area contributed by atoms with Crippen LogP contribution in [0.5, 0.6) is 0 Å². The van der Waals surface area contributed by atoms with E-state index in [-0.39, 0.29) is 41.8 Å². The lowest BCUT2D eigenvalue weighted by Crippen LogP contribution is -2.50. The van der Waals surface area contributed by atoms with Gasteiger partial charge in [-0.05, 0) is 30.9 Å². The van der Waals surface area contributed by atoms with Crippen LogP contribution in [0, 0.1) is 11.7 Å². The smallest absolute Gasteiger partial charge is 0.256 e. The van der Waals surface area contributed by atoms with Gasteiger partial charge in [0, 0.05) is 19.1 Å². The number of piperidine rings is 1. The maximum Gasteiger partial charge on any atom is 0.256 e. The summed E-state index contributed by atoms with van der Waals surface area (Å²) in [5.41, 5.74) is 5.78. The van der Waals surface area contributed by atoms with Crippen molar-refractivity contribution in [2.75, 3.05) is 19.6 Å². The molecule has 1 atom stereocenters. The molecule has 148 valence electrons. The number of hydrogen-bond donors (Lipinski definition) is 3. The van der Waals surface area contributed by atoms with Gasteiger partial charge in [0.2, 0.25) is 11.8 Å². The summed E-state index contributed by atoms with van der Waals surface area (Å²) in [6, 6.07) is 5.17. The van der Waals surface area contributed by atoms with Gasteiger partial charge in [-0.3, -0.25) is 14.4 Å². The molecule has 0 aliphatic carbocycles. The summed E-state index contributed by atoms with van der Waals surface area (Å²) in [7, 11) is 0. The highest BCUT2D eigenvalue weighted by Gasteiger charge is 2.26. The van der Waals surface area contributed by atoms with E-state index in [1.807, 2.05) is 13.8 Å². The van der Waals surface area contributed by atoms with Gasteiger partial charge in [-0.1, -0.05) is 26.0 Å². The Kier molecular flexibility index (Phi) is 7.29. The van der Waals surface area contributed by atoms with Gasteiger partial charge >= 0.3 is 0 Å². The lowest BCUT2D eigenvalue weighted by atomic mass is 10.0. The average molecular weight is 378 g/mol. The molecule has 4 N–H and O–H groups in total. The largest absolute Gasteiger partial charge is 0.352 e. The lowest BCUT2D eigenvalue weighted by molar-refractivity contribution is -0.127. The Hall–Kier alpha value is -2.48. The molecule has 0 saturated carbocycles. The molecule has 0 unspecified atom stereocenters. The molecule has 1 aromatic carbocycles. The number of halogens is 1. The van der Waals surface area contributed by atoms with Crippen molar-refractivity contribution in [3.8, 4) is 0 Å². The van der Waals surface area contributed by atoms with Crippen molar-refractivity contribution in [2.24, 2.45) is 11.7 Å². The van der Waals surface area contributed by atoms with Gasteiger partial charge < -0.3 is 21.3 Å². The maximum atomic E-state index is 13.8. The van der Waals surface area contributed by atoms with E-state index in [1.54, 1.807) is 17.0 Å². The van der Waals surface area contributed by atoms with Crippen molar-refractivity contribution in [3.05, 3.63) is 35.6 Å². The van der Waals surface area contributed by atoms with Crippen LogP contribution in [0.1, 0.15) is 37.0 Å². The number of nitrogens with one attached hydrogen (secondary N) is 2. The van der Waals surface area contributed by atoms with Gasteiger partial charge in [0.15, 0.2) is 0 Å². The average Bonchev–Trinajstić information content (AvgIpc) is 2.66. The van der Waals surface area contributed by atoms with E-state index in [1.165, 1.54) is 12.1 Å². The summed E-state index contributed by atoms with van der Waals surface area (Å²) < 4.78 is 13.8. The predicted molar refractivity (Wildman–Crippen MR) is 99.3 cm³/mol. The highest BCUT2D eigenvalue weighted by atomic mass is 19.1. The Morgan fingerprint density at radius 3 is 2.44 bits per heavy atom. The van der Waals surface area contributed by atoms with E-state index in [9.17, 15) is 18.8 Å². The Labute approximate surface area is 158 Å². The van der Waals surface area contributed by atoms with Crippen LogP contribution in [0.3, 0.4) is 0 Å².